The third kappa shape index (κ3) is 2.56. The molecule has 0 aromatic carbocycles. The van der Waals surface area contributed by atoms with E-state index in [0.717, 1.165) is 0 Å². The standard InChI is InChI=1S/C8H12N8O/c1-2-17-8-6(9)7(11-4-12-8)10-3-5-13-15-16-14-5/h4H,2-3,9H2,1H3,(H,10,11,12)(H,13,14,15,16). The molecule has 0 bridgehead atoms. The van der Waals surface area contributed by atoms with Crippen LogP contribution in [-0.2, 0) is 6.54 Å². The Kier molecular flexibility index (Phi) is 3.28. The van der Waals surface area contributed by atoms with Crippen molar-refractivity contribution in [1.82, 2.24) is 30.6 Å². The first-order valence-electron chi connectivity index (χ1n) is 5.00. The Labute approximate surface area is 96.8 Å². The Morgan fingerprint density at radius 3 is 3.06 bits per heavy atom. The average Bonchev–Trinajstić information content (AvgIpc) is 2.83. The fourth-order valence-corrected chi connectivity index (χ4v) is 1.19. The number of nitrogen functional groups attached to an aromatic ring is 1. The van der Waals surface area contributed by atoms with Gasteiger partial charge < -0.3 is 15.8 Å². The van der Waals surface area contributed by atoms with Crippen LogP contribution < -0.4 is 15.8 Å². The van der Waals surface area contributed by atoms with Crippen LogP contribution in [-0.4, -0.2) is 37.2 Å². The van der Waals surface area contributed by atoms with E-state index >= 15 is 0 Å². The van der Waals surface area contributed by atoms with Gasteiger partial charge in [-0.2, -0.15) is 10.2 Å². The number of ether oxygens (including phenoxy) is 1. The lowest BCUT2D eigenvalue weighted by Crippen LogP contribution is -2.08. The summed E-state index contributed by atoms with van der Waals surface area (Å²) in [6.07, 6.45) is 1.37. The number of hydrogen-bond donors (Lipinski definition) is 3. The van der Waals surface area contributed by atoms with Crippen molar-refractivity contribution in [2.75, 3.05) is 17.7 Å². The second-order valence-electron chi connectivity index (χ2n) is 3.06. The molecule has 2 rings (SSSR count). The highest BCUT2D eigenvalue weighted by molar-refractivity contribution is 5.66. The molecule has 9 nitrogen and oxygen atoms in total. The SMILES string of the molecule is CCOc1ncnc(NCc2nn[nH]n2)c1N. The number of nitrogens with two attached hydrogens (primary N) is 1. The molecule has 0 fully saturated rings. The van der Waals surface area contributed by atoms with E-state index in [1.807, 2.05) is 6.92 Å². The summed E-state index contributed by atoms with van der Waals surface area (Å²) in [6.45, 7) is 2.71. The van der Waals surface area contributed by atoms with Crippen LogP contribution in [0, 0.1) is 0 Å². The molecule has 0 amide bonds. The van der Waals surface area contributed by atoms with Crippen molar-refractivity contribution in [3.63, 3.8) is 0 Å². The number of aromatic nitrogens is 6. The van der Waals surface area contributed by atoms with Crippen LogP contribution in [0.15, 0.2) is 6.33 Å². The number of rotatable bonds is 5. The Morgan fingerprint density at radius 1 is 1.47 bits per heavy atom. The zero-order valence-electron chi connectivity index (χ0n) is 9.21. The van der Waals surface area contributed by atoms with Gasteiger partial charge in [0.1, 0.15) is 12.0 Å². The summed E-state index contributed by atoms with van der Waals surface area (Å²) in [5, 5.41) is 16.4. The van der Waals surface area contributed by atoms with Gasteiger partial charge >= 0.3 is 0 Å². The van der Waals surface area contributed by atoms with Crippen LogP contribution in [0.3, 0.4) is 0 Å². The highest BCUT2D eigenvalue weighted by Crippen LogP contribution is 2.24. The molecule has 2 aromatic heterocycles. The van der Waals surface area contributed by atoms with Crippen LogP contribution in [0.5, 0.6) is 5.88 Å². The first-order chi connectivity index (χ1) is 8.31. The third-order valence-corrected chi connectivity index (χ3v) is 1.93. The number of tetrazole rings is 1. The van der Waals surface area contributed by atoms with Crippen LogP contribution in [0.4, 0.5) is 11.5 Å². The minimum atomic E-state index is 0.359. The molecule has 0 radical (unpaired) electrons. The van der Waals surface area contributed by atoms with E-state index in [-0.39, 0.29) is 0 Å². The first-order valence-corrected chi connectivity index (χ1v) is 5.00. The lowest BCUT2D eigenvalue weighted by atomic mass is 10.4. The zero-order chi connectivity index (χ0) is 12.1. The van der Waals surface area contributed by atoms with Gasteiger partial charge in [-0.1, -0.05) is 5.21 Å². The molecule has 0 saturated carbocycles. The predicted octanol–water partition coefficient (Wildman–Crippen LogP) is -0.417. The maximum atomic E-state index is 5.83. The highest BCUT2D eigenvalue weighted by Gasteiger charge is 2.09. The second kappa shape index (κ2) is 5.05. The summed E-state index contributed by atoms with van der Waals surface area (Å²) in [4.78, 5) is 7.93. The fourth-order valence-electron chi connectivity index (χ4n) is 1.19. The van der Waals surface area contributed by atoms with Crippen molar-refractivity contribution in [3.05, 3.63) is 12.2 Å². The monoisotopic (exact) mass is 236 g/mol. The van der Waals surface area contributed by atoms with Gasteiger partial charge in [-0.05, 0) is 6.92 Å². The summed E-state index contributed by atoms with van der Waals surface area (Å²) < 4.78 is 5.25. The largest absolute Gasteiger partial charge is 0.476 e. The van der Waals surface area contributed by atoms with Gasteiger partial charge in [0.05, 0.1) is 13.2 Å². The van der Waals surface area contributed by atoms with Gasteiger partial charge in [0.2, 0.25) is 5.88 Å². The lowest BCUT2D eigenvalue weighted by Gasteiger charge is -2.09. The molecule has 0 unspecified atom stereocenters. The summed E-state index contributed by atoms with van der Waals surface area (Å²) in [7, 11) is 0. The number of H-pyrrole nitrogens is 1. The van der Waals surface area contributed by atoms with Gasteiger partial charge in [0.15, 0.2) is 11.6 Å². The topological polar surface area (TPSA) is 128 Å². The third-order valence-electron chi connectivity index (χ3n) is 1.93. The van der Waals surface area contributed by atoms with E-state index in [4.69, 9.17) is 10.5 Å². The molecule has 17 heavy (non-hydrogen) atoms. The molecular formula is C8H12N8O. The number of hydrogen-bond acceptors (Lipinski definition) is 8. The van der Waals surface area contributed by atoms with Crippen molar-refractivity contribution in [1.29, 1.82) is 0 Å². The van der Waals surface area contributed by atoms with Crippen molar-refractivity contribution in [2.45, 2.75) is 13.5 Å². The normalized spacial score (nSPS) is 10.2. The molecule has 0 saturated heterocycles. The maximum absolute atomic E-state index is 5.83. The summed E-state index contributed by atoms with van der Waals surface area (Å²) in [6, 6.07) is 0. The molecule has 90 valence electrons. The second-order valence-corrected chi connectivity index (χ2v) is 3.06. The molecule has 2 aromatic rings. The molecule has 4 N–H and O–H groups in total. The number of aromatic amines is 1. The summed E-state index contributed by atoms with van der Waals surface area (Å²) in [5.41, 5.74) is 6.19. The van der Waals surface area contributed by atoms with Crippen molar-refractivity contribution >= 4 is 11.5 Å². The number of nitrogens with one attached hydrogen (secondary N) is 2. The van der Waals surface area contributed by atoms with Crippen molar-refractivity contribution < 1.29 is 4.74 Å². The summed E-state index contributed by atoms with van der Waals surface area (Å²) in [5.74, 6) is 1.35. The molecule has 0 atom stereocenters. The van der Waals surface area contributed by atoms with Gasteiger partial charge in [-0.25, -0.2) is 4.98 Å². The van der Waals surface area contributed by atoms with Crippen molar-refractivity contribution in [3.8, 4) is 5.88 Å². The van der Waals surface area contributed by atoms with Crippen LogP contribution >= 0.6 is 0 Å². The highest BCUT2D eigenvalue weighted by atomic mass is 16.5. The molecule has 2 heterocycles. The molecule has 0 aliphatic rings. The van der Waals surface area contributed by atoms with Gasteiger partial charge in [0, 0.05) is 0 Å². The number of anilines is 2. The first kappa shape index (κ1) is 11.0. The molecule has 0 aliphatic heterocycles. The Hall–Kier alpha value is -2.45. The predicted molar refractivity (Wildman–Crippen MR) is 59.1 cm³/mol. The summed E-state index contributed by atoms with van der Waals surface area (Å²) >= 11 is 0. The molecular weight excluding hydrogens is 224 g/mol. The molecule has 9 heteroatoms. The van der Waals surface area contributed by atoms with E-state index in [1.54, 1.807) is 0 Å². The molecule has 0 aliphatic carbocycles. The smallest absolute Gasteiger partial charge is 0.242 e. The van der Waals surface area contributed by atoms with E-state index < -0.39 is 0 Å². The maximum Gasteiger partial charge on any atom is 0.242 e. The van der Waals surface area contributed by atoms with Gasteiger partial charge in [-0.15, -0.1) is 10.2 Å². The minimum absolute atomic E-state index is 0.359. The van der Waals surface area contributed by atoms with Crippen molar-refractivity contribution in [2.24, 2.45) is 0 Å². The van der Waals surface area contributed by atoms with E-state index in [9.17, 15) is 0 Å². The Morgan fingerprint density at radius 2 is 2.35 bits per heavy atom. The number of nitrogens with zero attached hydrogens (tertiary/aromatic N) is 5. The van der Waals surface area contributed by atoms with Gasteiger partial charge in [0.25, 0.3) is 0 Å². The Balaban J connectivity index is 2.07. The van der Waals surface area contributed by atoms with E-state index in [2.05, 4.69) is 35.9 Å². The van der Waals surface area contributed by atoms with Gasteiger partial charge in [-0.3, -0.25) is 0 Å². The van der Waals surface area contributed by atoms with Crippen LogP contribution in [0.2, 0.25) is 0 Å². The quantitative estimate of drug-likeness (QED) is 0.638. The lowest BCUT2D eigenvalue weighted by molar-refractivity contribution is 0.328. The Bertz CT molecular complexity index is 470. The fraction of sp³-hybridized carbons (Fsp3) is 0.375. The minimum Gasteiger partial charge on any atom is -0.476 e. The average molecular weight is 236 g/mol. The van der Waals surface area contributed by atoms with Crippen LogP contribution in [0.25, 0.3) is 0 Å². The van der Waals surface area contributed by atoms with Crippen LogP contribution in [0.1, 0.15) is 12.7 Å². The molecule has 0 spiro atoms. The van der Waals surface area contributed by atoms with E-state index in [0.29, 0.717) is 36.4 Å². The van der Waals surface area contributed by atoms with E-state index in [1.165, 1.54) is 6.33 Å². The zero-order valence-corrected chi connectivity index (χ0v) is 9.21.